The topological polar surface area (TPSA) is 51.2 Å². The highest BCUT2D eigenvalue weighted by molar-refractivity contribution is 7.13. The minimum absolute atomic E-state index is 0.103. The van der Waals surface area contributed by atoms with Gasteiger partial charge in [-0.2, -0.15) is 0 Å². The molecule has 0 radical (unpaired) electrons. The Morgan fingerprint density at radius 2 is 1.96 bits per heavy atom. The van der Waals surface area contributed by atoms with Crippen molar-refractivity contribution in [2.75, 3.05) is 6.54 Å². The Hall–Kier alpha value is -2.08. The van der Waals surface area contributed by atoms with Gasteiger partial charge in [0, 0.05) is 33.1 Å². The summed E-state index contributed by atoms with van der Waals surface area (Å²) in [5, 5.41) is 6.73. The van der Waals surface area contributed by atoms with E-state index in [1.807, 2.05) is 30.3 Å². The average molecular weight is 433 g/mol. The monoisotopic (exact) mass is 432 g/mol. The zero-order valence-corrected chi connectivity index (χ0v) is 17.3. The molecule has 4 nitrogen and oxygen atoms in total. The smallest absolute Gasteiger partial charge is 0.270 e. The lowest BCUT2D eigenvalue weighted by Crippen LogP contribution is -2.25. The molecule has 0 unspecified atom stereocenters. The first kappa shape index (κ1) is 19.2. The van der Waals surface area contributed by atoms with Crippen LogP contribution in [0.15, 0.2) is 47.8 Å². The number of rotatable bonds is 7. The summed E-state index contributed by atoms with van der Waals surface area (Å²) >= 11 is 13.5. The molecule has 3 aromatic rings. The maximum Gasteiger partial charge on any atom is 0.270 e. The molecule has 4 rings (SSSR count). The Balaban J connectivity index is 1.37. The van der Waals surface area contributed by atoms with Crippen molar-refractivity contribution in [1.29, 1.82) is 0 Å². The van der Waals surface area contributed by atoms with Crippen molar-refractivity contribution < 1.29 is 9.53 Å². The largest absolute Gasteiger partial charge is 0.489 e. The van der Waals surface area contributed by atoms with E-state index < -0.39 is 0 Å². The van der Waals surface area contributed by atoms with Crippen LogP contribution >= 0.6 is 34.5 Å². The molecule has 1 amide bonds. The molecule has 1 fully saturated rings. The van der Waals surface area contributed by atoms with E-state index in [1.54, 1.807) is 17.5 Å². The lowest BCUT2D eigenvalue weighted by Gasteiger charge is -2.08. The highest BCUT2D eigenvalue weighted by atomic mass is 35.5. The van der Waals surface area contributed by atoms with E-state index in [0.29, 0.717) is 28.3 Å². The highest BCUT2D eigenvalue weighted by Crippen LogP contribution is 2.29. The molecule has 0 bridgehead atoms. The molecule has 1 heterocycles. The number of nitrogens with zero attached hydrogens (tertiary/aromatic N) is 1. The quantitative estimate of drug-likeness (QED) is 0.510. The van der Waals surface area contributed by atoms with Crippen LogP contribution in [0.5, 0.6) is 5.75 Å². The number of benzene rings is 2. The Labute approximate surface area is 177 Å². The molecule has 0 atom stereocenters. The second-order valence-electron chi connectivity index (χ2n) is 6.74. The van der Waals surface area contributed by atoms with Gasteiger partial charge in [0.2, 0.25) is 0 Å². The molecule has 0 spiro atoms. The number of nitrogens with one attached hydrogen (secondary N) is 1. The second kappa shape index (κ2) is 8.52. The van der Waals surface area contributed by atoms with Gasteiger partial charge in [-0.1, -0.05) is 29.3 Å². The predicted molar refractivity (Wildman–Crippen MR) is 113 cm³/mol. The van der Waals surface area contributed by atoms with Crippen molar-refractivity contribution in [2.24, 2.45) is 5.92 Å². The number of thiazole rings is 1. The van der Waals surface area contributed by atoms with Crippen LogP contribution in [0.4, 0.5) is 0 Å². The van der Waals surface area contributed by atoms with Gasteiger partial charge in [-0.25, -0.2) is 4.98 Å². The Morgan fingerprint density at radius 1 is 1.18 bits per heavy atom. The maximum absolute atomic E-state index is 12.1. The standard InChI is InChI=1S/C21H18Cl2N2O2S/c22-16-6-3-15(18(23)9-16)11-27-17-7-4-14(5-8-17)21-25-19(12-28-21)20(26)24-10-13-1-2-13/h3-9,12-13H,1-2,10-11H2,(H,24,26). The van der Waals surface area contributed by atoms with Gasteiger partial charge in [0.05, 0.1) is 0 Å². The highest BCUT2D eigenvalue weighted by Gasteiger charge is 2.22. The molecule has 1 saturated carbocycles. The van der Waals surface area contributed by atoms with Crippen molar-refractivity contribution >= 4 is 40.4 Å². The van der Waals surface area contributed by atoms with Crippen LogP contribution < -0.4 is 10.1 Å². The first-order chi connectivity index (χ1) is 13.6. The van der Waals surface area contributed by atoms with E-state index in [2.05, 4.69) is 10.3 Å². The summed E-state index contributed by atoms with van der Waals surface area (Å²) in [6.07, 6.45) is 2.42. The fraction of sp³-hybridized carbons (Fsp3) is 0.238. The fourth-order valence-electron chi connectivity index (χ4n) is 2.65. The van der Waals surface area contributed by atoms with Gasteiger partial charge >= 0.3 is 0 Å². The van der Waals surface area contributed by atoms with Crippen LogP contribution in [0.3, 0.4) is 0 Å². The third-order valence-corrected chi connectivity index (χ3v) is 5.97. The molecular formula is C21H18Cl2N2O2S. The first-order valence-corrected chi connectivity index (χ1v) is 10.6. The van der Waals surface area contributed by atoms with Gasteiger partial charge < -0.3 is 10.1 Å². The summed E-state index contributed by atoms with van der Waals surface area (Å²) in [6, 6.07) is 13.0. The fourth-order valence-corrected chi connectivity index (χ4v) is 3.92. The van der Waals surface area contributed by atoms with Gasteiger partial charge in [0.1, 0.15) is 23.1 Å². The van der Waals surface area contributed by atoms with Crippen molar-refractivity contribution in [3.05, 3.63) is 69.1 Å². The Kier molecular flexibility index (Phi) is 5.85. The van der Waals surface area contributed by atoms with Crippen LogP contribution in [0, 0.1) is 5.92 Å². The Morgan fingerprint density at radius 3 is 2.68 bits per heavy atom. The van der Waals surface area contributed by atoms with Crippen LogP contribution in [0.25, 0.3) is 10.6 Å². The summed E-state index contributed by atoms with van der Waals surface area (Å²) in [4.78, 5) is 16.6. The number of amides is 1. The molecule has 7 heteroatoms. The zero-order chi connectivity index (χ0) is 19.5. The molecule has 28 heavy (non-hydrogen) atoms. The van der Waals surface area contributed by atoms with Crippen LogP contribution in [0.1, 0.15) is 28.9 Å². The average Bonchev–Trinajstić information content (AvgIpc) is 3.39. The van der Waals surface area contributed by atoms with Crippen LogP contribution in [-0.2, 0) is 6.61 Å². The van der Waals surface area contributed by atoms with Crippen molar-refractivity contribution in [3.8, 4) is 16.3 Å². The minimum Gasteiger partial charge on any atom is -0.489 e. The number of hydrogen-bond acceptors (Lipinski definition) is 4. The number of hydrogen-bond donors (Lipinski definition) is 1. The zero-order valence-electron chi connectivity index (χ0n) is 15.0. The number of carbonyl (C=O) groups is 1. The molecule has 0 aliphatic heterocycles. The normalized spacial score (nSPS) is 13.4. The second-order valence-corrected chi connectivity index (χ2v) is 8.44. The summed E-state index contributed by atoms with van der Waals surface area (Å²) in [5.41, 5.74) is 2.29. The van der Waals surface area contributed by atoms with E-state index in [-0.39, 0.29) is 5.91 Å². The third-order valence-electron chi connectivity index (χ3n) is 4.50. The van der Waals surface area contributed by atoms with E-state index in [4.69, 9.17) is 27.9 Å². The van der Waals surface area contributed by atoms with Gasteiger partial charge in [0.25, 0.3) is 5.91 Å². The van der Waals surface area contributed by atoms with E-state index >= 15 is 0 Å². The molecular weight excluding hydrogens is 415 g/mol. The third kappa shape index (κ3) is 4.85. The van der Waals surface area contributed by atoms with E-state index in [1.165, 1.54) is 24.2 Å². The van der Waals surface area contributed by atoms with E-state index in [9.17, 15) is 4.79 Å². The molecule has 1 aromatic heterocycles. The van der Waals surface area contributed by atoms with Gasteiger partial charge in [0.15, 0.2) is 0 Å². The van der Waals surface area contributed by atoms with Crippen molar-refractivity contribution in [1.82, 2.24) is 10.3 Å². The lowest BCUT2D eigenvalue weighted by molar-refractivity contribution is 0.0947. The van der Waals surface area contributed by atoms with Crippen molar-refractivity contribution in [2.45, 2.75) is 19.4 Å². The molecule has 0 saturated heterocycles. The number of aromatic nitrogens is 1. The number of ether oxygens (including phenoxy) is 1. The summed E-state index contributed by atoms with van der Waals surface area (Å²) < 4.78 is 5.80. The predicted octanol–water partition coefficient (Wildman–Crippen LogP) is 5.84. The minimum atomic E-state index is -0.103. The molecule has 1 aliphatic rings. The van der Waals surface area contributed by atoms with Gasteiger partial charge in [-0.3, -0.25) is 4.79 Å². The summed E-state index contributed by atoms with van der Waals surface area (Å²) in [7, 11) is 0. The summed E-state index contributed by atoms with van der Waals surface area (Å²) in [6.45, 7) is 1.10. The number of carbonyl (C=O) groups excluding carboxylic acids is 1. The Bertz CT molecular complexity index is 984. The van der Waals surface area contributed by atoms with Crippen molar-refractivity contribution in [3.63, 3.8) is 0 Å². The van der Waals surface area contributed by atoms with Gasteiger partial charge in [-0.15, -0.1) is 11.3 Å². The SMILES string of the molecule is O=C(NCC1CC1)c1csc(-c2ccc(OCc3ccc(Cl)cc3Cl)cc2)n1. The maximum atomic E-state index is 12.1. The van der Waals surface area contributed by atoms with E-state index in [0.717, 1.165) is 28.4 Å². The summed E-state index contributed by atoms with van der Waals surface area (Å²) in [5.74, 6) is 1.28. The van der Waals surface area contributed by atoms with Crippen LogP contribution in [0.2, 0.25) is 10.0 Å². The number of halogens is 2. The molecule has 144 valence electrons. The lowest BCUT2D eigenvalue weighted by atomic mass is 10.2. The van der Waals surface area contributed by atoms with Crippen LogP contribution in [-0.4, -0.2) is 17.4 Å². The molecule has 1 aliphatic carbocycles. The molecule has 2 aromatic carbocycles. The van der Waals surface area contributed by atoms with Gasteiger partial charge in [-0.05, 0) is 55.2 Å². The first-order valence-electron chi connectivity index (χ1n) is 8.99. The molecule has 1 N–H and O–H groups in total.